The summed E-state index contributed by atoms with van der Waals surface area (Å²) in [6, 6.07) is 13.8. The van der Waals surface area contributed by atoms with Crippen molar-refractivity contribution in [3.05, 3.63) is 83.4 Å². The number of aromatic nitrogens is 3. The third kappa shape index (κ3) is 6.60. The molecule has 0 radical (unpaired) electrons. The Kier molecular flexibility index (Phi) is 8.09. The molecule has 0 aliphatic rings. The number of hydrogen-bond acceptors (Lipinski definition) is 3. The average molecular weight is 427 g/mol. The Morgan fingerprint density at radius 3 is 2.68 bits per heavy atom. The van der Waals surface area contributed by atoms with Crippen molar-refractivity contribution in [2.24, 2.45) is 4.99 Å². The summed E-state index contributed by atoms with van der Waals surface area (Å²) in [4.78, 5) is 4.67. The third-order valence-corrected chi connectivity index (χ3v) is 4.97. The Labute approximate surface area is 181 Å². The number of benzene rings is 2. The topological polar surface area (TPSA) is 67.1 Å². The van der Waals surface area contributed by atoms with Crippen molar-refractivity contribution < 1.29 is 8.78 Å². The van der Waals surface area contributed by atoms with Crippen LogP contribution in [0.25, 0.3) is 0 Å². The van der Waals surface area contributed by atoms with Gasteiger partial charge in [-0.25, -0.2) is 8.78 Å². The molecule has 31 heavy (non-hydrogen) atoms. The minimum atomic E-state index is -0.860. The lowest BCUT2D eigenvalue weighted by Crippen LogP contribution is -2.40. The lowest BCUT2D eigenvalue weighted by molar-refractivity contribution is 0.504. The number of aryl methyl sites for hydroxylation is 1. The summed E-state index contributed by atoms with van der Waals surface area (Å²) in [6.45, 7) is 5.82. The fourth-order valence-corrected chi connectivity index (χ4v) is 3.20. The highest BCUT2D eigenvalue weighted by Gasteiger charge is 2.11. The monoisotopic (exact) mass is 426 g/mol. The molecule has 2 N–H and O–H groups in total. The maximum atomic E-state index is 13.6. The first-order valence-electron chi connectivity index (χ1n) is 10.5. The summed E-state index contributed by atoms with van der Waals surface area (Å²) in [5, 5.41) is 14.6. The first kappa shape index (κ1) is 22.4. The van der Waals surface area contributed by atoms with E-state index in [4.69, 9.17) is 0 Å². The van der Waals surface area contributed by atoms with E-state index >= 15 is 0 Å². The molecule has 3 rings (SSSR count). The first-order chi connectivity index (χ1) is 15.1. The van der Waals surface area contributed by atoms with Gasteiger partial charge in [0, 0.05) is 26.1 Å². The number of halogens is 2. The van der Waals surface area contributed by atoms with Crippen LogP contribution in [-0.4, -0.2) is 33.8 Å². The lowest BCUT2D eigenvalue weighted by Gasteiger charge is -2.19. The second-order valence-corrected chi connectivity index (χ2v) is 7.23. The van der Waals surface area contributed by atoms with Crippen molar-refractivity contribution in [2.75, 3.05) is 13.1 Å². The molecule has 0 saturated carbocycles. The van der Waals surface area contributed by atoms with E-state index < -0.39 is 11.6 Å². The first-order valence-corrected chi connectivity index (χ1v) is 10.5. The van der Waals surface area contributed by atoms with Crippen molar-refractivity contribution >= 4 is 5.96 Å². The summed E-state index contributed by atoms with van der Waals surface area (Å²) >= 11 is 0. The smallest absolute Gasteiger partial charge is 0.191 e. The number of aliphatic imine (C=N–C) groups is 1. The van der Waals surface area contributed by atoms with Crippen molar-refractivity contribution in [3.8, 4) is 0 Å². The zero-order valence-electron chi connectivity index (χ0n) is 17.9. The van der Waals surface area contributed by atoms with Gasteiger partial charge in [0.25, 0.3) is 0 Å². The van der Waals surface area contributed by atoms with E-state index in [2.05, 4.69) is 38.0 Å². The minimum Gasteiger partial charge on any atom is -0.355 e. The van der Waals surface area contributed by atoms with Crippen LogP contribution < -0.4 is 10.6 Å². The van der Waals surface area contributed by atoms with E-state index in [9.17, 15) is 8.78 Å². The Morgan fingerprint density at radius 2 is 1.94 bits per heavy atom. The van der Waals surface area contributed by atoms with Crippen molar-refractivity contribution in [1.82, 2.24) is 25.4 Å². The second-order valence-electron chi connectivity index (χ2n) is 7.23. The molecule has 1 aromatic heterocycles. The van der Waals surface area contributed by atoms with Crippen molar-refractivity contribution in [1.29, 1.82) is 0 Å². The molecule has 2 aromatic carbocycles. The highest BCUT2D eigenvalue weighted by atomic mass is 19.2. The van der Waals surface area contributed by atoms with E-state index in [1.807, 2.05) is 36.6 Å². The summed E-state index contributed by atoms with van der Waals surface area (Å²) < 4.78 is 28.9. The molecule has 1 heterocycles. The van der Waals surface area contributed by atoms with Gasteiger partial charge in [-0.2, -0.15) is 0 Å². The summed E-state index contributed by atoms with van der Waals surface area (Å²) in [6.07, 6.45) is 3.33. The predicted octanol–water partition coefficient (Wildman–Crippen LogP) is 3.66. The molecule has 0 saturated heterocycles. The zero-order valence-corrected chi connectivity index (χ0v) is 17.9. The molecule has 164 valence electrons. The molecule has 8 heteroatoms. The molecular weight excluding hydrogens is 398 g/mol. The number of nitrogens with one attached hydrogen (secondary N) is 2. The van der Waals surface area contributed by atoms with Crippen LogP contribution >= 0.6 is 0 Å². The van der Waals surface area contributed by atoms with Crippen LogP contribution in [-0.2, 0) is 19.4 Å². The summed E-state index contributed by atoms with van der Waals surface area (Å²) in [7, 11) is 0. The van der Waals surface area contributed by atoms with Gasteiger partial charge in [0.05, 0.1) is 6.04 Å². The van der Waals surface area contributed by atoms with E-state index in [-0.39, 0.29) is 6.04 Å². The summed E-state index contributed by atoms with van der Waals surface area (Å²) in [5.41, 5.74) is 1.85. The molecule has 6 nitrogen and oxygen atoms in total. The Hall–Kier alpha value is -3.29. The SMILES string of the molecule is CCc1nncn1CCNC(=NCCc1ccccc1)NC(C)c1ccc(F)c(F)c1. The van der Waals surface area contributed by atoms with E-state index in [0.29, 0.717) is 31.2 Å². The molecule has 3 aromatic rings. The quantitative estimate of drug-likeness (QED) is 0.405. The summed E-state index contributed by atoms with van der Waals surface area (Å²) in [5.74, 6) is -0.181. The van der Waals surface area contributed by atoms with E-state index in [1.54, 1.807) is 12.4 Å². The fourth-order valence-electron chi connectivity index (χ4n) is 3.20. The standard InChI is InChI=1S/C23H28F2N6/c1-3-22-30-28-16-31(22)14-13-27-23(26-12-11-18-7-5-4-6-8-18)29-17(2)19-9-10-20(24)21(25)15-19/h4-10,15-17H,3,11-14H2,1-2H3,(H2,26,27,29). The Balaban J connectivity index is 1.64. The molecule has 0 aliphatic heterocycles. The van der Waals surface area contributed by atoms with Crippen LogP contribution in [0.4, 0.5) is 8.78 Å². The third-order valence-electron chi connectivity index (χ3n) is 4.97. The van der Waals surface area contributed by atoms with Crippen LogP contribution in [0, 0.1) is 11.6 Å². The number of hydrogen-bond donors (Lipinski definition) is 2. The second kappa shape index (κ2) is 11.2. The minimum absolute atomic E-state index is 0.251. The molecule has 1 atom stereocenters. The van der Waals surface area contributed by atoms with Crippen LogP contribution in [0.1, 0.15) is 36.8 Å². The lowest BCUT2D eigenvalue weighted by atomic mass is 10.1. The molecule has 1 unspecified atom stereocenters. The van der Waals surface area contributed by atoms with E-state index in [0.717, 1.165) is 24.7 Å². The van der Waals surface area contributed by atoms with Gasteiger partial charge in [-0.05, 0) is 36.6 Å². The molecular formula is C23H28F2N6. The maximum Gasteiger partial charge on any atom is 0.191 e. The molecule has 0 amide bonds. The van der Waals surface area contributed by atoms with Gasteiger partial charge in [-0.3, -0.25) is 4.99 Å². The number of guanidine groups is 1. The molecule has 0 bridgehead atoms. The average Bonchev–Trinajstić information content (AvgIpc) is 3.23. The van der Waals surface area contributed by atoms with Crippen LogP contribution in [0.5, 0.6) is 0 Å². The highest BCUT2D eigenvalue weighted by Crippen LogP contribution is 2.15. The molecule has 0 aliphatic carbocycles. The molecule has 0 fully saturated rings. The van der Waals surface area contributed by atoms with Gasteiger partial charge in [-0.15, -0.1) is 10.2 Å². The Morgan fingerprint density at radius 1 is 1.13 bits per heavy atom. The van der Waals surface area contributed by atoms with Gasteiger partial charge in [0.2, 0.25) is 0 Å². The normalized spacial score (nSPS) is 12.6. The van der Waals surface area contributed by atoms with Gasteiger partial charge in [0.15, 0.2) is 17.6 Å². The number of nitrogens with zero attached hydrogens (tertiary/aromatic N) is 4. The van der Waals surface area contributed by atoms with E-state index in [1.165, 1.54) is 11.6 Å². The maximum absolute atomic E-state index is 13.6. The Bertz CT molecular complexity index is 987. The van der Waals surface area contributed by atoms with Gasteiger partial charge in [0.1, 0.15) is 12.2 Å². The molecule has 0 spiro atoms. The van der Waals surface area contributed by atoms with Crippen LogP contribution in [0.2, 0.25) is 0 Å². The van der Waals surface area contributed by atoms with Gasteiger partial charge < -0.3 is 15.2 Å². The highest BCUT2D eigenvalue weighted by molar-refractivity contribution is 5.80. The largest absolute Gasteiger partial charge is 0.355 e. The van der Waals surface area contributed by atoms with Gasteiger partial charge in [-0.1, -0.05) is 43.3 Å². The predicted molar refractivity (Wildman–Crippen MR) is 118 cm³/mol. The zero-order chi connectivity index (χ0) is 22.1. The number of rotatable bonds is 9. The van der Waals surface area contributed by atoms with Crippen molar-refractivity contribution in [2.45, 2.75) is 39.3 Å². The van der Waals surface area contributed by atoms with Crippen molar-refractivity contribution in [3.63, 3.8) is 0 Å². The van der Waals surface area contributed by atoms with Gasteiger partial charge >= 0.3 is 0 Å². The fraction of sp³-hybridized carbons (Fsp3) is 0.348. The van der Waals surface area contributed by atoms with Crippen LogP contribution in [0.3, 0.4) is 0 Å². The van der Waals surface area contributed by atoms with Crippen LogP contribution in [0.15, 0.2) is 59.9 Å².